The number of nitrogens with zero attached hydrogens (tertiary/aromatic N) is 1. The fourth-order valence-corrected chi connectivity index (χ4v) is 2.57. The van der Waals surface area contributed by atoms with Gasteiger partial charge in [-0.25, -0.2) is 0 Å². The van der Waals surface area contributed by atoms with Crippen LogP contribution in [0.25, 0.3) is 0 Å². The second-order valence-electron chi connectivity index (χ2n) is 5.73. The summed E-state index contributed by atoms with van der Waals surface area (Å²) in [5, 5.41) is 9.66. The van der Waals surface area contributed by atoms with Crippen LogP contribution < -0.4 is 9.64 Å². The first-order valence-electron chi connectivity index (χ1n) is 8.36. The van der Waals surface area contributed by atoms with E-state index in [1.54, 1.807) is 30.0 Å². The molecule has 23 heavy (non-hydrogen) atoms. The molecular formula is C19H29NO3. The van der Waals surface area contributed by atoms with E-state index in [9.17, 15) is 9.90 Å². The number of phenolic OH excluding ortho intramolecular Hbond substituents is 1. The van der Waals surface area contributed by atoms with Gasteiger partial charge in [-0.2, -0.15) is 0 Å². The van der Waals surface area contributed by atoms with Gasteiger partial charge in [0.25, 0.3) is 0 Å². The molecule has 1 aromatic carbocycles. The van der Waals surface area contributed by atoms with E-state index < -0.39 is 0 Å². The maximum absolute atomic E-state index is 11.9. The highest BCUT2D eigenvalue weighted by atomic mass is 16.5. The predicted octanol–water partition coefficient (Wildman–Crippen LogP) is 4.67. The zero-order valence-corrected chi connectivity index (χ0v) is 14.4. The van der Waals surface area contributed by atoms with Crippen LogP contribution in [0.3, 0.4) is 0 Å². The number of benzene rings is 1. The Hall–Kier alpha value is -1.97. The topological polar surface area (TPSA) is 49.8 Å². The number of phenols is 1. The molecule has 1 aromatic rings. The van der Waals surface area contributed by atoms with Crippen LogP contribution >= 0.6 is 0 Å². The summed E-state index contributed by atoms with van der Waals surface area (Å²) in [4.78, 5) is 13.6. The van der Waals surface area contributed by atoms with E-state index >= 15 is 0 Å². The van der Waals surface area contributed by atoms with E-state index in [1.807, 2.05) is 6.08 Å². The fourth-order valence-electron chi connectivity index (χ4n) is 2.57. The summed E-state index contributed by atoms with van der Waals surface area (Å²) in [5.41, 5.74) is 0.762. The first kappa shape index (κ1) is 19.1. The first-order chi connectivity index (χ1) is 11.1. The third kappa shape index (κ3) is 6.76. The molecule has 4 heteroatoms. The Balaban J connectivity index is 2.44. The lowest BCUT2D eigenvalue weighted by atomic mass is 10.1. The van der Waals surface area contributed by atoms with E-state index in [4.69, 9.17) is 4.74 Å². The summed E-state index contributed by atoms with van der Waals surface area (Å²) < 4.78 is 5.11. The van der Waals surface area contributed by atoms with E-state index in [1.165, 1.54) is 32.8 Å². The monoisotopic (exact) mass is 319 g/mol. The lowest BCUT2D eigenvalue weighted by Gasteiger charge is -2.22. The molecule has 128 valence electrons. The van der Waals surface area contributed by atoms with Crippen molar-refractivity contribution >= 4 is 11.6 Å². The van der Waals surface area contributed by atoms with Gasteiger partial charge in [-0.1, -0.05) is 31.8 Å². The fraction of sp³-hybridized carbons (Fsp3) is 0.526. The Labute approximate surface area is 139 Å². The molecule has 0 atom stereocenters. The van der Waals surface area contributed by atoms with Crippen LogP contribution in [0.2, 0.25) is 0 Å². The molecule has 0 heterocycles. The summed E-state index contributed by atoms with van der Waals surface area (Å²) in [5.74, 6) is 0.471. The highest BCUT2D eigenvalue weighted by Crippen LogP contribution is 2.30. The molecule has 4 nitrogen and oxygen atoms in total. The minimum absolute atomic E-state index is 0.00345. The van der Waals surface area contributed by atoms with Crippen molar-refractivity contribution in [2.24, 2.45) is 0 Å². The van der Waals surface area contributed by atoms with Gasteiger partial charge in [0.05, 0.1) is 7.11 Å². The molecule has 1 rings (SSSR count). The molecule has 0 bridgehead atoms. The van der Waals surface area contributed by atoms with Gasteiger partial charge in [-0.15, -0.1) is 6.58 Å². The number of amides is 1. The van der Waals surface area contributed by atoms with Crippen molar-refractivity contribution in [3.8, 4) is 11.5 Å². The average molecular weight is 319 g/mol. The second-order valence-corrected chi connectivity index (χ2v) is 5.73. The number of hydrogen-bond donors (Lipinski definition) is 1. The molecule has 0 saturated carbocycles. The highest BCUT2D eigenvalue weighted by molar-refractivity contribution is 5.91. The number of methoxy groups -OCH3 is 1. The van der Waals surface area contributed by atoms with Crippen LogP contribution in [0.4, 0.5) is 5.69 Å². The lowest BCUT2D eigenvalue weighted by molar-refractivity contribution is -0.116. The summed E-state index contributed by atoms with van der Waals surface area (Å²) >= 11 is 0. The van der Waals surface area contributed by atoms with Crippen molar-refractivity contribution in [1.29, 1.82) is 0 Å². The molecule has 0 radical (unpaired) electrons. The molecule has 0 unspecified atom stereocenters. The van der Waals surface area contributed by atoms with Crippen LogP contribution in [0.5, 0.6) is 11.5 Å². The van der Waals surface area contributed by atoms with E-state index in [-0.39, 0.29) is 11.7 Å². The van der Waals surface area contributed by atoms with E-state index in [0.717, 1.165) is 24.9 Å². The normalized spacial score (nSPS) is 10.3. The van der Waals surface area contributed by atoms with Crippen LogP contribution in [-0.4, -0.2) is 24.7 Å². The summed E-state index contributed by atoms with van der Waals surface area (Å²) in [6, 6.07) is 5.00. The molecular weight excluding hydrogens is 290 g/mol. The van der Waals surface area contributed by atoms with Gasteiger partial charge in [-0.3, -0.25) is 4.79 Å². The molecule has 1 amide bonds. The van der Waals surface area contributed by atoms with Gasteiger partial charge in [0.2, 0.25) is 5.91 Å². The van der Waals surface area contributed by atoms with Gasteiger partial charge in [0.1, 0.15) is 0 Å². The van der Waals surface area contributed by atoms with Crippen molar-refractivity contribution < 1.29 is 14.6 Å². The molecule has 0 spiro atoms. The predicted molar refractivity (Wildman–Crippen MR) is 95.2 cm³/mol. The molecule has 0 aliphatic rings. The number of hydrogen-bond acceptors (Lipinski definition) is 3. The quantitative estimate of drug-likeness (QED) is 0.476. The van der Waals surface area contributed by atoms with Gasteiger partial charge < -0.3 is 14.7 Å². The number of ether oxygens (including phenoxy) is 1. The van der Waals surface area contributed by atoms with Gasteiger partial charge >= 0.3 is 0 Å². The minimum Gasteiger partial charge on any atom is -0.504 e. The van der Waals surface area contributed by atoms with Gasteiger partial charge in [0.15, 0.2) is 11.5 Å². The minimum atomic E-state index is 0.00345. The largest absolute Gasteiger partial charge is 0.504 e. The van der Waals surface area contributed by atoms with Gasteiger partial charge in [0, 0.05) is 25.2 Å². The third-order valence-corrected chi connectivity index (χ3v) is 3.90. The first-order valence-corrected chi connectivity index (χ1v) is 8.36. The smallest absolute Gasteiger partial charge is 0.223 e. The molecule has 0 aromatic heterocycles. The highest BCUT2D eigenvalue weighted by Gasteiger charge is 2.13. The lowest BCUT2D eigenvalue weighted by Crippen LogP contribution is -2.29. The van der Waals surface area contributed by atoms with E-state index in [0.29, 0.717) is 12.3 Å². The molecule has 1 N–H and O–H groups in total. The Morgan fingerprint density at radius 1 is 1.22 bits per heavy atom. The second kappa shape index (κ2) is 10.7. The number of rotatable bonds is 11. The van der Waals surface area contributed by atoms with Crippen LogP contribution in [0.15, 0.2) is 30.9 Å². The Kier molecular flexibility index (Phi) is 8.88. The van der Waals surface area contributed by atoms with Crippen molar-refractivity contribution in [3.05, 3.63) is 30.9 Å². The van der Waals surface area contributed by atoms with Crippen molar-refractivity contribution in [1.82, 2.24) is 0 Å². The number of unbranched alkanes of at least 4 members (excludes halogenated alkanes) is 6. The summed E-state index contributed by atoms with van der Waals surface area (Å²) in [7, 11) is 1.50. The molecule has 0 saturated heterocycles. The SMILES string of the molecule is C=CCCCCCCCCN(C(C)=O)c1ccc(O)c(OC)c1. The standard InChI is InChI=1S/C19H29NO3/c1-4-5-6-7-8-9-10-11-14-20(16(2)21)17-12-13-18(22)19(15-17)23-3/h4,12-13,15,22H,1,5-11,14H2,2-3H3. The van der Waals surface area contributed by atoms with Crippen molar-refractivity contribution in [3.63, 3.8) is 0 Å². The molecule has 0 aliphatic carbocycles. The maximum atomic E-state index is 11.9. The molecule has 0 fully saturated rings. The van der Waals surface area contributed by atoms with Crippen molar-refractivity contribution in [2.75, 3.05) is 18.6 Å². The van der Waals surface area contributed by atoms with E-state index in [2.05, 4.69) is 6.58 Å². The number of aromatic hydroxyl groups is 1. The maximum Gasteiger partial charge on any atom is 0.223 e. The van der Waals surface area contributed by atoms with Crippen molar-refractivity contribution in [2.45, 2.75) is 51.9 Å². The average Bonchev–Trinajstić information content (AvgIpc) is 2.54. The number of carbonyl (C=O) groups excluding carboxylic acids is 1. The Bertz CT molecular complexity index is 499. The summed E-state index contributed by atoms with van der Waals surface area (Å²) in [6.07, 6.45) is 10.1. The summed E-state index contributed by atoms with van der Waals surface area (Å²) in [6.45, 7) is 5.98. The zero-order chi connectivity index (χ0) is 17.1. The van der Waals surface area contributed by atoms with Crippen LogP contribution in [0.1, 0.15) is 51.9 Å². The number of anilines is 1. The Morgan fingerprint density at radius 3 is 2.48 bits per heavy atom. The van der Waals surface area contributed by atoms with Gasteiger partial charge in [-0.05, 0) is 31.4 Å². The molecule has 0 aliphatic heterocycles. The Morgan fingerprint density at radius 2 is 1.87 bits per heavy atom. The van der Waals surface area contributed by atoms with Crippen LogP contribution in [0, 0.1) is 0 Å². The zero-order valence-electron chi connectivity index (χ0n) is 14.4. The van der Waals surface area contributed by atoms with Crippen LogP contribution in [-0.2, 0) is 4.79 Å². The number of allylic oxidation sites excluding steroid dienone is 1. The third-order valence-electron chi connectivity index (χ3n) is 3.90. The number of carbonyl (C=O) groups is 1.